The molecule has 0 spiro atoms. The molecule has 7 rings (SSSR count). The minimum absolute atomic E-state index is 0.154. The third-order valence-corrected chi connectivity index (χ3v) is 10.7. The number of fused-ring (bicyclic) bond motifs is 5. The molecule has 0 saturated carbocycles. The van der Waals surface area contributed by atoms with Crippen LogP contribution in [-0.2, 0) is 51.2 Å². The first-order chi connectivity index (χ1) is 21.3. The number of hydrogen-bond donors (Lipinski definition) is 6. The Bertz CT molecular complexity index is 1940. The van der Waals surface area contributed by atoms with E-state index in [9.17, 15) is 24.8 Å². The van der Waals surface area contributed by atoms with E-state index in [0.29, 0.717) is 11.2 Å². The van der Waals surface area contributed by atoms with Crippen LogP contribution in [-0.4, -0.2) is 104 Å². The molecular weight excluding hydrogens is 678 g/mol. The van der Waals surface area contributed by atoms with E-state index in [-0.39, 0.29) is 22.5 Å². The fraction of sp³-hybridized carbons (Fsp3) is 0.500. The maximum absolute atomic E-state index is 12.5. The van der Waals surface area contributed by atoms with Crippen LogP contribution in [0.5, 0.6) is 0 Å². The van der Waals surface area contributed by atoms with Crippen molar-refractivity contribution in [1.82, 2.24) is 34.3 Å². The first-order valence-corrected chi connectivity index (χ1v) is 18.5. The van der Waals surface area contributed by atoms with Crippen LogP contribution in [0.15, 0.2) is 29.6 Å². The van der Waals surface area contributed by atoms with E-state index < -0.39 is 81.3 Å². The number of aliphatic hydroxyl groups excluding tert-OH is 2. The summed E-state index contributed by atoms with van der Waals surface area (Å²) in [7, 11) is 0. The van der Waals surface area contributed by atoms with E-state index in [1.54, 1.807) is 6.92 Å². The van der Waals surface area contributed by atoms with Gasteiger partial charge in [0, 0.05) is 6.20 Å². The average Bonchev–Trinajstić information content (AvgIpc) is 3.72. The Morgan fingerprint density at radius 2 is 1.67 bits per heavy atom. The van der Waals surface area contributed by atoms with Gasteiger partial charge in [-0.25, -0.2) is 19.6 Å². The number of nitrogens with zero attached hydrogens (tertiary/aromatic N) is 6. The van der Waals surface area contributed by atoms with E-state index >= 15 is 0 Å². The summed E-state index contributed by atoms with van der Waals surface area (Å²) < 4.78 is 37.4. The van der Waals surface area contributed by atoms with Crippen LogP contribution in [0.3, 0.4) is 0 Å². The Morgan fingerprint density at radius 3 is 2.42 bits per heavy atom. The zero-order chi connectivity index (χ0) is 31.8. The van der Waals surface area contributed by atoms with Crippen LogP contribution in [0, 0.1) is 6.92 Å². The van der Waals surface area contributed by atoms with Gasteiger partial charge >= 0.3 is 13.4 Å². The van der Waals surface area contributed by atoms with Crippen molar-refractivity contribution in [1.29, 1.82) is 0 Å². The van der Waals surface area contributed by atoms with E-state index in [4.69, 9.17) is 56.9 Å². The third-order valence-electron chi connectivity index (χ3n) is 7.57. The normalized spacial score (nSPS) is 37.7. The Hall–Kier alpha value is -2.33. The van der Waals surface area contributed by atoms with Gasteiger partial charge < -0.3 is 53.8 Å². The minimum atomic E-state index is -4.19. The van der Waals surface area contributed by atoms with Crippen LogP contribution in [0.2, 0.25) is 0 Å². The molecule has 0 aliphatic carbocycles. The van der Waals surface area contributed by atoms with Crippen LogP contribution in [0.25, 0.3) is 22.1 Å². The number of aromatic nitrogens is 7. The van der Waals surface area contributed by atoms with Crippen molar-refractivity contribution in [2.75, 3.05) is 18.9 Å². The molecule has 3 saturated heterocycles. The van der Waals surface area contributed by atoms with Crippen molar-refractivity contribution in [2.45, 2.75) is 56.0 Å². The molecule has 10 atom stereocenters. The van der Waals surface area contributed by atoms with E-state index in [2.05, 4.69) is 25.0 Å². The third kappa shape index (κ3) is 5.66. The Morgan fingerprint density at radius 1 is 0.978 bits per heavy atom. The summed E-state index contributed by atoms with van der Waals surface area (Å²) in [5.41, 5.74) is 5.98. The Kier molecular flexibility index (Phi) is 7.94. The Labute approximate surface area is 262 Å². The fourth-order valence-electron chi connectivity index (χ4n) is 5.51. The standard InChI is InChI=1S/C22H26N8O11P2S2/c1-8-27-19-9(20(33)28-8)2-3-29(19)22-16-13(31)11(38-22)5-36-42(34,44)40-15-12(6-37-43(35,45)41-16)39-21(14(15)32)30-18-10(4-26-30)17(23)24-7-25-18/h2-4,7,11-16,21-22,31-32H,5-6H2,1H3,(H,34,44)(H,35,45)(H2,23,24,25)(H,27,28,33)/t11-,12-,13?,14?,15+,16+,21-,22-,42?,43?/m1/s1. The monoisotopic (exact) mass is 704 g/mol. The zero-order valence-corrected chi connectivity index (χ0v) is 26.4. The number of aromatic amines is 1. The molecule has 3 fully saturated rings. The molecule has 242 valence electrons. The number of aryl methyl sites for hydroxylation is 1. The van der Waals surface area contributed by atoms with Crippen molar-refractivity contribution in [2.24, 2.45) is 0 Å². The largest absolute Gasteiger partial charge is 0.387 e. The lowest BCUT2D eigenvalue weighted by molar-refractivity contribution is -0.0628. The predicted octanol–water partition coefficient (Wildman–Crippen LogP) is -0.777. The maximum atomic E-state index is 12.5. The maximum Gasteiger partial charge on any atom is 0.325 e. The lowest BCUT2D eigenvalue weighted by Gasteiger charge is -2.28. The molecule has 0 aromatic carbocycles. The Balaban J connectivity index is 1.21. The molecule has 3 aliphatic rings. The van der Waals surface area contributed by atoms with E-state index in [1.165, 1.54) is 34.0 Å². The number of hydrogen-bond acceptors (Lipinski definition) is 16. The number of anilines is 1. The van der Waals surface area contributed by atoms with Gasteiger partial charge in [-0.05, 0) is 36.6 Å². The number of nitrogens with one attached hydrogen (secondary N) is 1. The van der Waals surface area contributed by atoms with Crippen molar-refractivity contribution < 1.29 is 47.6 Å². The molecule has 7 N–H and O–H groups in total. The molecular formula is C22H26N8O11P2S2. The van der Waals surface area contributed by atoms with Gasteiger partial charge in [0.1, 0.15) is 60.2 Å². The molecule has 0 radical (unpaired) electrons. The summed E-state index contributed by atoms with van der Waals surface area (Å²) in [4.78, 5) is 49.7. The van der Waals surface area contributed by atoms with Crippen LogP contribution < -0.4 is 11.3 Å². The first kappa shape index (κ1) is 31.3. The summed E-state index contributed by atoms with van der Waals surface area (Å²) in [6.45, 7) is -7.76. The topological polar surface area (TPSA) is 257 Å². The molecule has 7 heterocycles. The van der Waals surface area contributed by atoms with E-state index in [0.717, 1.165) is 0 Å². The highest BCUT2D eigenvalue weighted by molar-refractivity contribution is 8.07. The minimum Gasteiger partial charge on any atom is -0.387 e. The number of H-pyrrole nitrogens is 1. The van der Waals surface area contributed by atoms with Gasteiger partial charge in [-0.2, -0.15) is 5.10 Å². The van der Waals surface area contributed by atoms with Crippen molar-refractivity contribution in [3.63, 3.8) is 0 Å². The summed E-state index contributed by atoms with van der Waals surface area (Å²) in [6, 6.07) is 1.50. The fourth-order valence-corrected chi connectivity index (χ4v) is 8.37. The molecule has 0 amide bonds. The molecule has 4 aromatic heterocycles. The summed E-state index contributed by atoms with van der Waals surface area (Å²) in [5, 5.41) is 27.3. The average molecular weight is 705 g/mol. The predicted molar refractivity (Wildman–Crippen MR) is 159 cm³/mol. The summed E-state index contributed by atoms with van der Waals surface area (Å²) >= 11 is 10.5. The van der Waals surface area contributed by atoms with Gasteiger partial charge in [0.2, 0.25) is 0 Å². The number of nitrogens with two attached hydrogens (primary N) is 1. The van der Waals surface area contributed by atoms with Crippen LogP contribution in [0.1, 0.15) is 18.3 Å². The van der Waals surface area contributed by atoms with Crippen LogP contribution in [0.4, 0.5) is 5.82 Å². The summed E-state index contributed by atoms with van der Waals surface area (Å²) in [6.07, 6.45) is -6.40. The summed E-state index contributed by atoms with van der Waals surface area (Å²) in [5.74, 6) is 0.478. The van der Waals surface area contributed by atoms with Gasteiger partial charge in [-0.3, -0.25) is 13.8 Å². The first-order valence-electron chi connectivity index (χ1n) is 13.3. The SMILES string of the molecule is Cc1nc2c(ccn2[C@@H]2O[C@@H]3COP(O)(=S)O[C@@H]4C(O)[C@H](n5ncc6c(N)ncnc65)O[C@@H]4COP(O)(=S)O[C@H]2C3O)c(=O)[nH]1. The molecule has 2 bridgehead atoms. The molecule has 19 nitrogen and oxygen atoms in total. The number of aliphatic hydroxyl groups is 2. The van der Waals surface area contributed by atoms with Gasteiger partial charge in [0.25, 0.3) is 5.56 Å². The van der Waals surface area contributed by atoms with Gasteiger partial charge in [0.05, 0.1) is 30.2 Å². The zero-order valence-electron chi connectivity index (χ0n) is 23.0. The highest BCUT2D eigenvalue weighted by atomic mass is 32.5. The number of ether oxygens (including phenoxy) is 2. The molecule has 4 unspecified atom stereocenters. The number of nitrogen functional groups attached to an aromatic ring is 1. The van der Waals surface area contributed by atoms with Crippen molar-refractivity contribution >= 4 is 64.9 Å². The number of rotatable bonds is 2. The van der Waals surface area contributed by atoms with Gasteiger partial charge in [-0.1, -0.05) is 0 Å². The second kappa shape index (κ2) is 11.4. The van der Waals surface area contributed by atoms with Crippen molar-refractivity contribution in [3.8, 4) is 0 Å². The lowest BCUT2D eigenvalue weighted by Crippen LogP contribution is -2.36. The molecule has 23 heteroatoms. The highest BCUT2D eigenvalue weighted by Crippen LogP contribution is 2.54. The van der Waals surface area contributed by atoms with Gasteiger partial charge in [-0.15, -0.1) is 0 Å². The quantitative estimate of drug-likeness (QED) is 0.140. The smallest absolute Gasteiger partial charge is 0.325 e. The van der Waals surface area contributed by atoms with Crippen LogP contribution >= 0.6 is 13.4 Å². The highest BCUT2D eigenvalue weighted by Gasteiger charge is 2.52. The lowest BCUT2D eigenvalue weighted by atomic mass is 10.1. The molecule has 45 heavy (non-hydrogen) atoms. The second-order valence-electron chi connectivity index (χ2n) is 10.5. The van der Waals surface area contributed by atoms with Gasteiger partial charge in [0.15, 0.2) is 18.1 Å². The molecule has 4 aromatic rings. The van der Waals surface area contributed by atoms with Crippen molar-refractivity contribution in [3.05, 3.63) is 41.0 Å². The van der Waals surface area contributed by atoms with E-state index in [1.807, 2.05) is 0 Å². The second-order valence-corrected chi connectivity index (χ2v) is 16.1. The molecule has 3 aliphatic heterocycles.